The van der Waals surface area contributed by atoms with Crippen LogP contribution in [0, 0.1) is 5.82 Å². The Morgan fingerprint density at radius 2 is 1.65 bits per heavy atom. The molecule has 0 spiro atoms. The lowest BCUT2D eigenvalue weighted by Gasteiger charge is -2.32. The summed E-state index contributed by atoms with van der Waals surface area (Å²) in [5.74, 6) is -1.23. The average molecular weight is 527 g/mol. The number of rotatable bonds is 10. The molecule has 0 saturated heterocycles. The second kappa shape index (κ2) is 12.3. The Labute approximate surface area is 208 Å². The van der Waals surface area contributed by atoms with Gasteiger partial charge in [0.05, 0.1) is 0 Å². The van der Waals surface area contributed by atoms with Crippen LogP contribution in [-0.4, -0.2) is 35.4 Å². The average Bonchev–Trinajstić information content (AvgIpc) is 2.81. The van der Waals surface area contributed by atoms with Gasteiger partial charge in [0, 0.05) is 23.5 Å². The van der Waals surface area contributed by atoms with E-state index in [1.165, 1.54) is 17.0 Å². The lowest BCUT2D eigenvalue weighted by Crippen LogP contribution is -2.52. The molecule has 7 heteroatoms. The molecule has 0 fully saturated rings. The molecule has 0 saturated carbocycles. The first-order valence-electron chi connectivity index (χ1n) is 11.1. The number of hydrogen-bond acceptors (Lipinski definition) is 3. The molecule has 0 heterocycles. The van der Waals surface area contributed by atoms with E-state index in [1.54, 1.807) is 12.1 Å². The molecule has 5 nitrogen and oxygen atoms in total. The van der Waals surface area contributed by atoms with Crippen molar-refractivity contribution in [3.05, 3.63) is 100 Å². The Bertz CT molecular complexity index is 1110. The van der Waals surface area contributed by atoms with Crippen molar-refractivity contribution in [2.75, 3.05) is 6.61 Å². The van der Waals surface area contributed by atoms with Crippen LogP contribution in [0.2, 0.25) is 0 Å². The number of amides is 2. The van der Waals surface area contributed by atoms with Crippen molar-refractivity contribution in [1.29, 1.82) is 0 Å². The molecular formula is C27H28BrFN2O3. The van der Waals surface area contributed by atoms with Crippen molar-refractivity contribution in [2.24, 2.45) is 0 Å². The fourth-order valence-electron chi connectivity index (χ4n) is 3.55. The Hall–Kier alpha value is -3.19. The van der Waals surface area contributed by atoms with Gasteiger partial charge >= 0.3 is 0 Å². The van der Waals surface area contributed by atoms with Crippen molar-refractivity contribution in [1.82, 2.24) is 10.2 Å². The van der Waals surface area contributed by atoms with E-state index in [0.717, 1.165) is 15.6 Å². The molecular weight excluding hydrogens is 499 g/mol. The number of benzene rings is 3. The lowest BCUT2D eigenvalue weighted by molar-refractivity contribution is -0.143. The largest absolute Gasteiger partial charge is 0.481 e. The van der Waals surface area contributed by atoms with Crippen LogP contribution in [0.4, 0.5) is 4.39 Å². The first-order valence-corrected chi connectivity index (χ1v) is 11.9. The SMILES string of the molecule is CC(C)NC(=O)[C@H](Cc1ccccc1)N(Cc1cccc(Br)c1)C(=O)COc1ccccc1F. The molecule has 0 aliphatic heterocycles. The number of nitrogens with one attached hydrogen (secondary N) is 1. The quantitative estimate of drug-likeness (QED) is 0.398. The number of hydrogen-bond donors (Lipinski definition) is 1. The van der Waals surface area contributed by atoms with Crippen molar-refractivity contribution < 1.29 is 18.7 Å². The maximum absolute atomic E-state index is 14.0. The van der Waals surface area contributed by atoms with E-state index >= 15 is 0 Å². The van der Waals surface area contributed by atoms with Crippen molar-refractivity contribution in [2.45, 2.75) is 38.9 Å². The molecule has 178 valence electrons. The maximum Gasteiger partial charge on any atom is 0.261 e. The van der Waals surface area contributed by atoms with Gasteiger partial charge in [-0.2, -0.15) is 0 Å². The third-order valence-corrected chi connectivity index (χ3v) is 5.63. The normalized spacial score (nSPS) is 11.7. The Morgan fingerprint density at radius 3 is 2.32 bits per heavy atom. The summed E-state index contributed by atoms with van der Waals surface area (Å²) in [4.78, 5) is 28.2. The molecule has 3 aromatic rings. The molecule has 0 bridgehead atoms. The molecule has 3 aromatic carbocycles. The minimum atomic E-state index is -0.777. The fourth-order valence-corrected chi connectivity index (χ4v) is 4.00. The number of ether oxygens (including phenoxy) is 1. The summed E-state index contributed by atoms with van der Waals surface area (Å²) in [5.41, 5.74) is 1.78. The van der Waals surface area contributed by atoms with E-state index in [-0.39, 0.29) is 24.2 Å². The third kappa shape index (κ3) is 7.42. The number of carbonyl (C=O) groups is 2. The molecule has 0 radical (unpaired) electrons. The van der Waals surface area contributed by atoms with E-state index in [9.17, 15) is 14.0 Å². The second-order valence-electron chi connectivity index (χ2n) is 8.24. The highest BCUT2D eigenvalue weighted by Crippen LogP contribution is 2.19. The standard InChI is InChI=1S/C27H28BrFN2O3/c1-19(2)30-27(33)24(16-20-9-4-3-5-10-20)31(17-21-11-8-12-22(28)15-21)26(32)18-34-25-14-7-6-13-23(25)29/h3-15,19,24H,16-18H2,1-2H3,(H,30,33)/t24-/m0/s1. The van der Waals surface area contributed by atoms with Gasteiger partial charge in [-0.25, -0.2) is 4.39 Å². The van der Waals surface area contributed by atoms with Crippen LogP contribution < -0.4 is 10.1 Å². The minimum Gasteiger partial charge on any atom is -0.481 e. The third-order valence-electron chi connectivity index (χ3n) is 5.13. The summed E-state index contributed by atoms with van der Waals surface area (Å²) in [5, 5.41) is 2.94. The summed E-state index contributed by atoms with van der Waals surface area (Å²) >= 11 is 3.46. The first kappa shape index (κ1) is 25.4. The predicted octanol–water partition coefficient (Wildman–Crippen LogP) is 5.13. The van der Waals surface area contributed by atoms with Gasteiger partial charge in [0.2, 0.25) is 5.91 Å². The van der Waals surface area contributed by atoms with Gasteiger partial charge in [-0.1, -0.05) is 70.5 Å². The van der Waals surface area contributed by atoms with Gasteiger partial charge in [0.1, 0.15) is 6.04 Å². The summed E-state index contributed by atoms with van der Waals surface area (Å²) in [7, 11) is 0. The van der Waals surface area contributed by atoms with E-state index in [1.807, 2.05) is 68.4 Å². The zero-order valence-electron chi connectivity index (χ0n) is 19.2. The Kier molecular flexibility index (Phi) is 9.22. The lowest BCUT2D eigenvalue weighted by atomic mass is 10.0. The molecule has 0 aromatic heterocycles. The van der Waals surface area contributed by atoms with Gasteiger partial charge in [-0.05, 0) is 49.2 Å². The highest BCUT2D eigenvalue weighted by atomic mass is 79.9. The summed E-state index contributed by atoms with van der Waals surface area (Å²) < 4.78 is 20.4. The number of para-hydroxylation sites is 1. The Morgan fingerprint density at radius 1 is 0.971 bits per heavy atom. The molecule has 0 aliphatic rings. The van der Waals surface area contributed by atoms with E-state index in [4.69, 9.17) is 4.74 Å². The fraction of sp³-hybridized carbons (Fsp3) is 0.259. The summed E-state index contributed by atoms with van der Waals surface area (Å²) in [6.45, 7) is 3.55. The highest BCUT2D eigenvalue weighted by Gasteiger charge is 2.31. The van der Waals surface area contributed by atoms with Crippen LogP contribution in [0.1, 0.15) is 25.0 Å². The Balaban J connectivity index is 1.92. The maximum atomic E-state index is 14.0. The molecule has 1 N–H and O–H groups in total. The number of halogens is 2. The van der Waals surface area contributed by atoms with Crippen LogP contribution >= 0.6 is 15.9 Å². The molecule has 0 aliphatic carbocycles. The first-order chi connectivity index (χ1) is 16.3. The van der Waals surface area contributed by atoms with Gasteiger partial charge in [0.25, 0.3) is 5.91 Å². The second-order valence-corrected chi connectivity index (χ2v) is 9.16. The zero-order chi connectivity index (χ0) is 24.5. The van der Waals surface area contributed by atoms with Crippen LogP contribution in [0.15, 0.2) is 83.3 Å². The topological polar surface area (TPSA) is 58.6 Å². The van der Waals surface area contributed by atoms with E-state index < -0.39 is 24.4 Å². The summed E-state index contributed by atoms with van der Waals surface area (Å²) in [6, 6.07) is 22.2. The monoisotopic (exact) mass is 526 g/mol. The molecule has 1 atom stereocenters. The van der Waals surface area contributed by atoms with Gasteiger partial charge in [-0.3, -0.25) is 9.59 Å². The van der Waals surface area contributed by atoms with Crippen LogP contribution in [0.25, 0.3) is 0 Å². The van der Waals surface area contributed by atoms with Crippen LogP contribution in [0.5, 0.6) is 5.75 Å². The van der Waals surface area contributed by atoms with Crippen molar-refractivity contribution >= 4 is 27.7 Å². The molecule has 0 unspecified atom stereocenters. The van der Waals surface area contributed by atoms with Crippen LogP contribution in [0.3, 0.4) is 0 Å². The van der Waals surface area contributed by atoms with Crippen LogP contribution in [-0.2, 0) is 22.6 Å². The predicted molar refractivity (Wildman–Crippen MR) is 134 cm³/mol. The van der Waals surface area contributed by atoms with Crippen molar-refractivity contribution in [3.63, 3.8) is 0 Å². The smallest absolute Gasteiger partial charge is 0.261 e. The molecule has 2 amide bonds. The molecule has 3 rings (SSSR count). The van der Waals surface area contributed by atoms with Crippen molar-refractivity contribution in [3.8, 4) is 5.75 Å². The summed E-state index contributed by atoms with van der Waals surface area (Å²) in [6.07, 6.45) is 0.332. The minimum absolute atomic E-state index is 0.00973. The number of carbonyl (C=O) groups excluding carboxylic acids is 2. The van der Waals surface area contributed by atoms with Gasteiger partial charge in [0.15, 0.2) is 18.2 Å². The number of nitrogens with zero attached hydrogens (tertiary/aromatic N) is 1. The van der Waals surface area contributed by atoms with E-state index in [2.05, 4.69) is 21.2 Å². The zero-order valence-corrected chi connectivity index (χ0v) is 20.8. The molecule has 34 heavy (non-hydrogen) atoms. The van der Waals surface area contributed by atoms with E-state index in [0.29, 0.717) is 6.42 Å². The highest BCUT2D eigenvalue weighted by molar-refractivity contribution is 9.10. The van der Waals surface area contributed by atoms with Gasteiger partial charge in [-0.15, -0.1) is 0 Å². The van der Waals surface area contributed by atoms with Gasteiger partial charge < -0.3 is 15.0 Å².